The Kier molecular flexibility index (Phi) is 30.2. The van der Waals surface area contributed by atoms with Crippen LogP contribution in [0.2, 0.25) is 0 Å². The minimum absolute atomic E-state index is 0.0762. The molecule has 1 fully saturated rings. The molecule has 0 amide bonds. The smallest absolute Gasteiger partial charge is 0.462 e. The normalized spacial score (nSPS) is 23.3. The minimum atomic E-state index is -5.11. The highest BCUT2D eigenvalue weighted by Crippen LogP contribution is 2.47. The van der Waals surface area contributed by atoms with Crippen molar-refractivity contribution in [1.29, 1.82) is 0 Å². The summed E-state index contributed by atoms with van der Waals surface area (Å²) < 4.78 is 33.4. The highest BCUT2D eigenvalue weighted by atomic mass is 31.2. The molecule has 0 aliphatic heterocycles. The van der Waals surface area contributed by atoms with Crippen molar-refractivity contribution in [2.45, 2.75) is 211 Å². The van der Waals surface area contributed by atoms with Crippen LogP contribution < -0.4 is 0 Å². The van der Waals surface area contributed by atoms with Gasteiger partial charge in [0, 0.05) is 12.8 Å². The first-order valence-electron chi connectivity index (χ1n) is 21.1. The molecule has 8 atom stereocenters. The molecule has 6 N–H and O–H groups in total. The first kappa shape index (κ1) is 51.3. The second kappa shape index (κ2) is 32.3. The molecule has 1 rings (SSSR count). The van der Waals surface area contributed by atoms with Crippen molar-refractivity contribution < 1.29 is 63.1 Å². The molecule has 322 valence electrons. The molecule has 0 bridgehead atoms. The summed E-state index contributed by atoms with van der Waals surface area (Å²) in [6.45, 7) is 3.22. The Bertz CT molecular complexity index is 1070. The number of hydrogen-bond acceptors (Lipinski definition) is 12. The molecule has 55 heavy (non-hydrogen) atoms. The van der Waals surface area contributed by atoms with E-state index < -0.39 is 75.7 Å². The molecule has 1 saturated carbocycles. The second-order valence-corrected chi connectivity index (χ2v) is 16.2. The number of rotatable bonds is 34. The first-order valence-corrected chi connectivity index (χ1v) is 22.6. The Morgan fingerprint density at radius 1 is 0.545 bits per heavy atom. The lowest BCUT2D eigenvalue weighted by atomic mass is 9.85. The van der Waals surface area contributed by atoms with E-state index in [4.69, 9.17) is 18.5 Å². The van der Waals surface area contributed by atoms with Crippen LogP contribution in [-0.4, -0.2) is 98.3 Å². The fourth-order valence-electron chi connectivity index (χ4n) is 6.26. The standard InChI is InChI=1S/C41H75O13P/c1-3-5-7-9-11-13-15-16-17-18-20-22-24-26-28-30-35(43)53-33(31-51-34(42)29-27-25-23-21-19-14-12-10-8-6-4-2)32-52-55(49,50)54-41-39(47)37(45)36(44)38(46)40(41)48/h10,12,18,20,33,36-41,44-48H,3-9,11,13-17,19,21-32H2,1-2H3,(H,49,50)/b12-10+,20-18+/t33-,36?,37-,38?,39?,40?,41?/m1/s1. The third-order valence-electron chi connectivity index (χ3n) is 9.77. The van der Waals surface area contributed by atoms with E-state index in [1.165, 1.54) is 64.2 Å². The van der Waals surface area contributed by atoms with Gasteiger partial charge in [0.25, 0.3) is 0 Å². The van der Waals surface area contributed by atoms with Crippen molar-refractivity contribution >= 4 is 19.8 Å². The predicted octanol–water partition coefficient (Wildman–Crippen LogP) is 7.28. The van der Waals surface area contributed by atoms with Crippen LogP contribution in [0.4, 0.5) is 0 Å². The lowest BCUT2D eigenvalue weighted by Crippen LogP contribution is -2.64. The van der Waals surface area contributed by atoms with Gasteiger partial charge >= 0.3 is 19.8 Å². The number of phosphoric acid groups is 1. The summed E-state index contributed by atoms with van der Waals surface area (Å²) in [4.78, 5) is 35.5. The van der Waals surface area contributed by atoms with Gasteiger partial charge in [0.15, 0.2) is 6.10 Å². The number of carbonyl (C=O) groups is 2. The zero-order chi connectivity index (χ0) is 40.7. The lowest BCUT2D eigenvalue weighted by Gasteiger charge is -2.41. The summed E-state index contributed by atoms with van der Waals surface area (Å²) in [6, 6.07) is 0. The van der Waals surface area contributed by atoms with E-state index in [1.54, 1.807) is 0 Å². The Labute approximate surface area is 330 Å². The number of hydrogen-bond donors (Lipinski definition) is 6. The molecule has 1 aliphatic carbocycles. The van der Waals surface area contributed by atoms with E-state index in [1.807, 2.05) is 0 Å². The number of aliphatic hydroxyl groups is 5. The van der Waals surface area contributed by atoms with Crippen molar-refractivity contribution in [2.24, 2.45) is 0 Å². The van der Waals surface area contributed by atoms with Crippen molar-refractivity contribution in [3.05, 3.63) is 24.3 Å². The average molecular weight is 807 g/mol. The van der Waals surface area contributed by atoms with Crippen molar-refractivity contribution in [1.82, 2.24) is 0 Å². The van der Waals surface area contributed by atoms with Crippen LogP contribution in [-0.2, 0) is 32.7 Å². The minimum Gasteiger partial charge on any atom is -0.462 e. The van der Waals surface area contributed by atoms with Gasteiger partial charge in [-0.2, -0.15) is 0 Å². The maximum Gasteiger partial charge on any atom is 0.472 e. The Balaban J connectivity index is 2.52. The number of phosphoric ester groups is 1. The monoisotopic (exact) mass is 806 g/mol. The van der Waals surface area contributed by atoms with E-state index in [0.29, 0.717) is 12.8 Å². The largest absolute Gasteiger partial charge is 0.472 e. The maximum atomic E-state index is 12.8. The Morgan fingerprint density at radius 3 is 1.45 bits per heavy atom. The summed E-state index contributed by atoms with van der Waals surface area (Å²) in [7, 11) is -5.11. The summed E-state index contributed by atoms with van der Waals surface area (Å²) in [5.41, 5.74) is 0. The van der Waals surface area contributed by atoms with Crippen LogP contribution in [0.5, 0.6) is 0 Å². The molecule has 0 heterocycles. The molecular formula is C41H75O13P. The van der Waals surface area contributed by atoms with E-state index in [9.17, 15) is 44.6 Å². The van der Waals surface area contributed by atoms with Crippen LogP contribution in [0.15, 0.2) is 24.3 Å². The highest BCUT2D eigenvalue weighted by Gasteiger charge is 2.51. The number of esters is 2. The molecule has 6 unspecified atom stereocenters. The molecular weight excluding hydrogens is 731 g/mol. The van der Waals surface area contributed by atoms with Crippen LogP contribution in [0.3, 0.4) is 0 Å². The number of carbonyl (C=O) groups excluding carboxylic acids is 2. The Hall–Kier alpha value is -1.67. The molecule has 0 aromatic heterocycles. The summed E-state index contributed by atoms with van der Waals surface area (Å²) in [5, 5.41) is 50.0. The maximum absolute atomic E-state index is 12.8. The van der Waals surface area contributed by atoms with Crippen LogP contribution in [0.25, 0.3) is 0 Å². The second-order valence-electron chi connectivity index (χ2n) is 14.8. The first-order chi connectivity index (χ1) is 26.4. The lowest BCUT2D eigenvalue weighted by molar-refractivity contribution is -0.220. The van der Waals surface area contributed by atoms with Gasteiger partial charge < -0.3 is 39.9 Å². The molecule has 0 spiro atoms. The molecule has 1 aliphatic rings. The van der Waals surface area contributed by atoms with E-state index in [0.717, 1.165) is 64.2 Å². The van der Waals surface area contributed by atoms with Gasteiger partial charge in [0.05, 0.1) is 6.61 Å². The van der Waals surface area contributed by atoms with E-state index in [2.05, 4.69) is 38.2 Å². The van der Waals surface area contributed by atoms with E-state index >= 15 is 0 Å². The topological polar surface area (TPSA) is 210 Å². The van der Waals surface area contributed by atoms with Gasteiger partial charge in [-0.3, -0.25) is 18.6 Å². The van der Waals surface area contributed by atoms with E-state index in [-0.39, 0.29) is 12.8 Å². The quantitative estimate of drug-likeness (QED) is 0.0164. The van der Waals surface area contributed by atoms with Crippen LogP contribution >= 0.6 is 7.82 Å². The fourth-order valence-corrected chi connectivity index (χ4v) is 7.23. The molecule has 0 radical (unpaired) electrons. The third kappa shape index (κ3) is 25.3. The van der Waals surface area contributed by atoms with Gasteiger partial charge in [-0.15, -0.1) is 0 Å². The number of allylic oxidation sites excluding steroid dienone is 4. The number of unbranched alkanes of at least 4 members (excludes halogenated alkanes) is 18. The third-order valence-corrected chi connectivity index (χ3v) is 10.8. The average Bonchev–Trinajstić information content (AvgIpc) is 3.16. The zero-order valence-corrected chi connectivity index (χ0v) is 34.6. The van der Waals surface area contributed by atoms with Crippen LogP contribution in [0, 0.1) is 0 Å². The van der Waals surface area contributed by atoms with Gasteiger partial charge in [0.2, 0.25) is 0 Å². The highest BCUT2D eigenvalue weighted by molar-refractivity contribution is 7.47. The molecule has 0 aromatic rings. The van der Waals surface area contributed by atoms with Gasteiger partial charge in [-0.25, -0.2) is 4.57 Å². The van der Waals surface area contributed by atoms with Crippen LogP contribution in [0.1, 0.15) is 168 Å². The Morgan fingerprint density at radius 2 is 0.945 bits per heavy atom. The summed E-state index contributed by atoms with van der Waals surface area (Å²) >= 11 is 0. The van der Waals surface area contributed by atoms with Gasteiger partial charge in [0.1, 0.15) is 43.2 Å². The zero-order valence-electron chi connectivity index (χ0n) is 33.7. The van der Waals surface area contributed by atoms with Gasteiger partial charge in [-0.1, -0.05) is 122 Å². The van der Waals surface area contributed by atoms with Gasteiger partial charge in [-0.05, 0) is 57.8 Å². The van der Waals surface area contributed by atoms with Crippen molar-refractivity contribution in [2.75, 3.05) is 13.2 Å². The van der Waals surface area contributed by atoms with Crippen molar-refractivity contribution in [3.8, 4) is 0 Å². The molecule has 0 saturated heterocycles. The number of aliphatic hydroxyl groups excluding tert-OH is 5. The molecule has 13 nitrogen and oxygen atoms in total. The predicted molar refractivity (Wildman–Crippen MR) is 212 cm³/mol. The summed E-state index contributed by atoms with van der Waals surface area (Å²) in [6.07, 6.45) is 19.6. The summed E-state index contributed by atoms with van der Waals surface area (Å²) in [5.74, 6) is -1.13. The molecule has 14 heteroatoms. The SMILES string of the molecule is CCCC/C=C/CCCCCCCC(=O)OC[C@H](COP(=O)(O)OC1C(O)C(O)C(O)[C@@H](O)C1O)OC(=O)CCCCC/C=C/CCCCCCCCCC. The molecule has 0 aromatic carbocycles. The number of ether oxygens (including phenoxy) is 2. The fraction of sp³-hybridized carbons (Fsp3) is 0.854. The van der Waals surface area contributed by atoms with Crippen molar-refractivity contribution in [3.63, 3.8) is 0 Å².